The molecule has 0 unspecified atom stereocenters. The van der Waals surface area contributed by atoms with E-state index in [-0.39, 0.29) is 11.8 Å². The number of rotatable bonds is 3. The van der Waals surface area contributed by atoms with Crippen LogP contribution in [-0.2, 0) is 4.79 Å². The second-order valence-electron chi connectivity index (χ2n) is 4.33. The van der Waals surface area contributed by atoms with Crippen LogP contribution < -0.4 is 5.32 Å². The minimum Gasteiger partial charge on any atom is -0.475 e. The van der Waals surface area contributed by atoms with Crippen molar-refractivity contribution in [1.82, 2.24) is 5.32 Å². The molecule has 16 heavy (non-hydrogen) atoms. The van der Waals surface area contributed by atoms with Gasteiger partial charge in [0.15, 0.2) is 0 Å². The fraction of sp³-hybridized carbons (Fsp3) is 0.727. The van der Waals surface area contributed by atoms with Crippen LogP contribution >= 0.6 is 0 Å². The number of carbonyl (C=O) groups is 1. The molecule has 2 N–H and O–H groups in total. The average molecular weight is 225 g/mol. The molecule has 0 aromatic carbocycles. The Balaban J connectivity index is 2.62. The highest BCUT2D eigenvalue weighted by Crippen LogP contribution is 2.28. The summed E-state index contributed by atoms with van der Waals surface area (Å²) in [6.45, 7) is 4.75. The van der Waals surface area contributed by atoms with E-state index in [2.05, 4.69) is 15.3 Å². The standard InChI is InChI=1S/C11H19N3O2/c1-7(2)9(13-6-8-4-5-8)14-10(12-3)11(15)16/h7-8H,4-6H2,1-3H3,(H,15,16)(H,12,13,14). The predicted molar refractivity (Wildman–Crippen MR) is 64.0 cm³/mol. The molecule has 0 aliphatic heterocycles. The van der Waals surface area contributed by atoms with Crippen LogP contribution in [0.5, 0.6) is 0 Å². The summed E-state index contributed by atoms with van der Waals surface area (Å²) in [5, 5.41) is 11.6. The van der Waals surface area contributed by atoms with Crippen molar-refractivity contribution >= 4 is 17.6 Å². The van der Waals surface area contributed by atoms with E-state index in [0.29, 0.717) is 11.8 Å². The molecule has 0 amide bonds. The first-order valence-electron chi connectivity index (χ1n) is 5.56. The maximum absolute atomic E-state index is 10.8. The fourth-order valence-corrected chi connectivity index (χ4v) is 1.22. The molecule has 0 aromatic rings. The topological polar surface area (TPSA) is 74.0 Å². The second-order valence-corrected chi connectivity index (χ2v) is 4.33. The van der Waals surface area contributed by atoms with Crippen LogP contribution in [0, 0.1) is 11.8 Å². The number of hydrogen-bond acceptors (Lipinski definition) is 3. The lowest BCUT2D eigenvalue weighted by Crippen LogP contribution is -2.39. The van der Waals surface area contributed by atoms with Gasteiger partial charge in [-0.15, -0.1) is 0 Å². The molecular formula is C11H19N3O2. The highest BCUT2D eigenvalue weighted by molar-refractivity contribution is 6.37. The van der Waals surface area contributed by atoms with Gasteiger partial charge in [0.2, 0.25) is 5.84 Å². The second kappa shape index (κ2) is 5.63. The highest BCUT2D eigenvalue weighted by Gasteiger charge is 2.21. The Bertz CT molecular complexity index is 317. The van der Waals surface area contributed by atoms with Crippen LogP contribution in [0.2, 0.25) is 0 Å². The van der Waals surface area contributed by atoms with Crippen molar-refractivity contribution < 1.29 is 9.90 Å². The molecule has 0 bridgehead atoms. The molecule has 1 fully saturated rings. The Morgan fingerprint density at radius 3 is 2.50 bits per heavy atom. The Labute approximate surface area is 95.7 Å². The third-order valence-electron chi connectivity index (χ3n) is 2.44. The summed E-state index contributed by atoms with van der Waals surface area (Å²) in [4.78, 5) is 18.9. The van der Waals surface area contributed by atoms with Crippen molar-refractivity contribution in [2.24, 2.45) is 21.8 Å². The lowest BCUT2D eigenvalue weighted by Gasteiger charge is -2.12. The summed E-state index contributed by atoms with van der Waals surface area (Å²) in [6, 6.07) is 0. The van der Waals surface area contributed by atoms with Crippen molar-refractivity contribution in [1.29, 1.82) is 0 Å². The first kappa shape index (κ1) is 12.7. The average Bonchev–Trinajstić information content (AvgIpc) is 3.00. The van der Waals surface area contributed by atoms with E-state index in [1.807, 2.05) is 13.8 Å². The molecule has 0 heterocycles. The number of carboxylic acids is 1. The molecule has 0 atom stereocenters. The predicted octanol–water partition coefficient (Wildman–Crippen LogP) is 1.15. The lowest BCUT2D eigenvalue weighted by atomic mass is 10.2. The van der Waals surface area contributed by atoms with Crippen LogP contribution in [0.1, 0.15) is 26.7 Å². The van der Waals surface area contributed by atoms with Crippen molar-refractivity contribution in [3.05, 3.63) is 0 Å². The Morgan fingerprint density at radius 1 is 1.50 bits per heavy atom. The van der Waals surface area contributed by atoms with Gasteiger partial charge in [0.1, 0.15) is 5.84 Å². The quantitative estimate of drug-likeness (QED) is 0.559. The summed E-state index contributed by atoms with van der Waals surface area (Å²) >= 11 is 0. The Morgan fingerprint density at radius 2 is 2.12 bits per heavy atom. The van der Waals surface area contributed by atoms with Gasteiger partial charge >= 0.3 is 5.97 Å². The smallest absolute Gasteiger partial charge is 0.371 e. The lowest BCUT2D eigenvalue weighted by molar-refractivity contribution is -0.129. The minimum absolute atomic E-state index is 0.0525. The number of amidine groups is 2. The zero-order chi connectivity index (χ0) is 12.1. The largest absolute Gasteiger partial charge is 0.475 e. The van der Waals surface area contributed by atoms with Gasteiger partial charge in [0.05, 0.1) is 0 Å². The van der Waals surface area contributed by atoms with Gasteiger partial charge in [0, 0.05) is 19.5 Å². The normalized spacial score (nSPS) is 17.8. The Hall–Kier alpha value is -1.39. The summed E-state index contributed by atoms with van der Waals surface area (Å²) in [7, 11) is 1.45. The molecule has 0 radical (unpaired) electrons. The molecule has 0 saturated heterocycles. The number of carboxylic acid groups (broad SMARTS) is 1. The van der Waals surface area contributed by atoms with E-state index in [0.717, 1.165) is 6.54 Å². The number of aliphatic imine (C=N–C) groups is 2. The molecular weight excluding hydrogens is 206 g/mol. The first-order chi connectivity index (χ1) is 7.54. The highest BCUT2D eigenvalue weighted by atomic mass is 16.4. The van der Waals surface area contributed by atoms with Gasteiger partial charge in [-0.25, -0.2) is 4.79 Å². The molecule has 0 spiro atoms. The van der Waals surface area contributed by atoms with Crippen molar-refractivity contribution in [2.75, 3.05) is 13.6 Å². The van der Waals surface area contributed by atoms with Gasteiger partial charge in [-0.05, 0) is 18.8 Å². The van der Waals surface area contributed by atoms with Crippen molar-refractivity contribution in [2.45, 2.75) is 26.7 Å². The van der Waals surface area contributed by atoms with Crippen LogP contribution in [0.4, 0.5) is 0 Å². The molecule has 1 rings (SSSR count). The SMILES string of the molecule is CN=C(NC(=NCC1CC1)C(C)C)C(=O)O. The van der Waals surface area contributed by atoms with Crippen LogP contribution in [0.25, 0.3) is 0 Å². The maximum atomic E-state index is 10.8. The van der Waals surface area contributed by atoms with Gasteiger partial charge in [-0.1, -0.05) is 13.8 Å². The van der Waals surface area contributed by atoms with Gasteiger partial charge in [0.25, 0.3) is 0 Å². The van der Waals surface area contributed by atoms with E-state index in [9.17, 15) is 4.79 Å². The molecule has 90 valence electrons. The summed E-state index contributed by atoms with van der Waals surface area (Å²) in [6.07, 6.45) is 2.48. The maximum Gasteiger partial charge on any atom is 0.371 e. The number of hydrogen-bond donors (Lipinski definition) is 2. The minimum atomic E-state index is -1.05. The first-order valence-corrected chi connectivity index (χ1v) is 5.56. The van der Waals surface area contributed by atoms with Crippen LogP contribution in [0.3, 0.4) is 0 Å². The zero-order valence-electron chi connectivity index (χ0n) is 10.0. The van der Waals surface area contributed by atoms with Crippen LogP contribution in [0.15, 0.2) is 9.98 Å². The van der Waals surface area contributed by atoms with E-state index >= 15 is 0 Å². The van der Waals surface area contributed by atoms with E-state index in [1.54, 1.807) is 0 Å². The summed E-state index contributed by atoms with van der Waals surface area (Å²) in [5.74, 6) is 0.470. The zero-order valence-corrected chi connectivity index (χ0v) is 10.0. The third-order valence-corrected chi connectivity index (χ3v) is 2.44. The summed E-state index contributed by atoms with van der Waals surface area (Å²) in [5.41, 5.74) is 0. The van der Waals surface area contributed by atoms with E-state index < -0.39 is 5.97 Å². The summed E-state index contributed by atoms with van der Waals surface area (Å²) < 4.78 is 0. The molecule has 5 heteroatoms. The molecule has 5 nitrogen and oxygen atoms in total. The Kier molecular flexibility index (Phi) is 4.46. The van der Waals surface area contributed by atoms with Crippen molar-refractivity contribution in [3.63, 3.8) is 0 Å². The fourth-order valence-electron chi connectivity index (χ4n) is 1.22. The molecule has 1 saturated carbocycles. The van der Waals surface area contributed by atoms with Gasteiger partial charge in [-0.3, -0.25) is 9.98 Å². The van der Waals surface area contributed by atoms with Gasteiger partial charge < -0.3 is 10.4 Å². The third kappa shape index (κ3) is 4.00. The number of nitrogens with one attached hydrogen (secondary N) is 1. The van der Waals surface area contributed by atoms with Crippen LogP contribution in [-0.4, -0.2) is 36.3 Å². The van der Waals surface area contributed by atoms with E-state index in [4.69, 9.17) is 5.11 Å². The van der Waals surface area contributed by atoms with Gasteiger partial charge in [-0.2, -0.15) is 0 Å². The molecule has 1 aliphatic carbocycles. The van der Waals surface area contributed by atoms with E-state index in [1.165, 1.54) is 19.9 Å². The number of aliphatic carboxylic acids is 1. The monoisotopic (exact) mass is 225 g/mol. The van der Waals surface area contributed by atoms with Crippen molar-refractivity contribution in [3.8, 4) is 0 Å². The molecule has 1 aliphatic rings. The number of nitrogens with zero attached hydrogens (tertiary/aromatic N) is 2. The molecule has 0 aromatic heterocycles.